The number of benzene rings is 1. The van der Waals surface area contributed by atoms with Crippen molar-refractivity contribution in [3.05, 3.63) is 34.9 Å². The Kier molecular flexibility index (Phi) is 19.4. The fourth-order valence-electron chi connectivity index (χ4n) is 3.71. The van der Waals surface area contributed by atoms with Crippen LogP contribution in [0.4, 0.5) is 0 Å². The van der Waals surface area contributed by atoms with Gasteiger partial charge in [0.15, 0.2) is 0 Å². The molecular formula is C24H41CaClO2. The number of carboxylic acid groups (broad SMARTS) is 1. The van der Waals surface area contributed by atoms with E-state index >= 15 is 0 Å². The monoisotopic (exact) mass is 436 g/mol. The van der Waals surface area contributed by atoms with Crippen LogP contribution in [0.15, 0.2) is 24.3 Å². The summed E-state index contributed by atoms with van der Waals surface area (Å²) in [5.74, 6) is -1.24. The molecule has 0 fully saturated rings. The molecule has 0 aromatic heterocycles. The van der Waals surface area contributed by atoms with Gasteiger partial charge in [-0.2, -0.15) is 0 Å². The standard InChI is InChI=1S/C24H39ClO2.Ca.2H/c1-2-3-4-5-6-7-8-9-10-11-12-13-14-15-19-22(24(26)27)21-18-16-17-20-23(21)25;;;/h16-18,20,22H,2-15,19H2,1H3,(H,26,27);;;. The normalized spacial score (nSPS) is 11.8. The predicted octanol–water partition coefficient (Wildman–Crippen LogP) is 7.46. The van der Waals surface area contributed by atoms with Crippen molar-refractivity contribution in [2.45, 2.75) is 109 Å². The van der Waals surface area contributed by atoms with Crippen molar-refractivity contribution in [3.63, 3.8) is 0 Å². The fourth-order valence-corrected chi connectivity index (χ4v) is 3.98. The summed E-state index contributed by atoms with van der Waals surface area (Å²) in [5.41, 5.74) is 0.751. The number of aliphatic carboxylic acids is 1. The number of rotatable bonds is 17. The van der Waals surface area contributed by atoms with E-state index in [4.69, 9.17) is 11.6 Å². The van der Waals surface area contributed by atoms with Crippen molar-refractivity contribution in [3.8, 4) is 0 Å². The van der Waals surface area contributed by atoms with E-state index in [-0.39, 0.29) is 37.7 Å². The zero-order valence-electron chi connectivity index (χ0n) is 17.2. The van der Waals surface area contributed by atoms with Crippen LogP contribution in [0.3, 0.4) is 0 Å². The summed E-state index contributed by atoms with van der Waals surface area (Å²) in [6, 6.07) is 7.32. The second kappa shape index (κ2) is 19.2. The first-order chi connectivity index (χ1) is 13.2. The maximum atomic E-state index is 11.6. The Morgan fingerprint density at radius 3 is 1.68 bits per heavy atom. The van der Waals surface area contributed by atoms with E-state index in [1.54, 1.807) is 6.07 Å². The minimum absolute atomic E-state index is 0. The molecule has 0 heterocycles. The van der Waals surface area contributed by atoms with E-state index in [9.17, 15) is 9.90 Å². The molecule has 0 saturated heterocycles. The summed E-state index contributed by atoms with van der Waals surface area (Å²) in [4.78, 5) is 11.6. The topological polar surface area (TPSA) is 37.3 Å². The van der Waals surface area contributed by atoms with Crippen LogP contribution in [-0.4, -0.2) is 48.8 Å². The molecule has 1 rings (SSSR count). The van der Waals surface area contributed by atoms with Gasteiger partial charge in [0.05, 0.1) is 5.92 Å². The zero-order chi connectivity index (χ0) is 19.7. The average molecular weight is 437 g/mol. The van der Waals surface area contributed by atoms with Crippen LogP contribution in [0.1, 0.15) is 115 Å². The molecule has 1 aromatic rings. The van der Waals surface area contributed by atoms with Crippen molar-refractivity contribution in [1.82, 2.24) is 0 Å². The zero-order valence-corrected chi connectivity index (χ0v) is 18.0. The van der Waals surface area contributed by atoms with E-state index in [2.05, 4.69) is 6.92 Å². The molecule has 0 aliphatic carbocycles. The molecule has 1 N–H and O–H groups in total. The molecule has 0 spiro atoms. The van der Waals surface area contributed by atoms with Crippen LogP contribution in [0, 0.1) is 0 Å². The van der Waals surface area contributed by atoms with Gasteiger partial charge in [-0.25, -0.2) is 0 Å². The minimum atomic E-state index is -0.766. The Labute approximate surface area is 207 Å². The Hall–Kier alpha value is 0.240. The summed E-state index contributed by atoms with van der Waals surface area (Å²) in [6.45, 7) is 2.27. The number of unbranched alkanes of at least 4 members (excludes halogenated alkanes) is 13. The number of carbonyl (C=O) groups is 1. The summed E-state index contributed by atoms with van der Waals surface area (Å²) >= 11 is 6.16. The third-order valence-electron chi connectivity index (χ3n) is 5.43. The average Bonchev–Trinajstić information content (AvgIpc) is 2.65. The van der Waals surface area contributed by atoms with Crippen LogP contribution < -0.4 is 0 Å². The van der Waals surface area contributed by atoms with Gasteiger partial charge in [0.25, 0.3) is 0 Å². The SMILES string of the molecule is CCCCCCCCCCCCCCCCC(C(=O)O)c1ccccc1Cl.[CaH2]. The van der Waals surface area contributed by atoms with E-state index in [1.165, 1.54) is 77.0 Å². The molecule has 0 amide bonds. The van der Waals surface area contributed by atoms with E-state index in [0.29, 0.717) is 11.4 Å². The van der Waals surface area contributed by atoms with Gasteiger partial charge in [0, 0.05) is 5.02 Å². The van der Waals surface area contributed by atoms with Crippen LogP contribution >= 0.6 is 11.6 Å². The van der Waals surface area contributed by atoms with Gasteiger partial charge in [-0.05, 0) is 18.1 Å². The third-order valence-corrected chi connectivity index (χ3v) is 5.77. The number of carboxylic acids is 1. The number of hydrogen-bond donors (Lipinski definition) is 1. The molecule has 158 valence electrons. The third kappa shape index (κ3) is 13.5. The molecule has 2 nitrogen and oxygen atoms in total. The summed E-state index contributed by atoms with van der Waals surface area (Å²) in [5, 5.41) is 10.1. The molecule has 0 aliphatic heterocycles. The molecule has 0 aliphatic rings. The second-order valence-electron chi connectivity index (χ2n) is 7.80. The number of hydrogen-bond acceptors (Lipinski definition) is 1. The molecule has 0 radical (unpaired) electrons. The van der Waals surface area contributed by atoms with E-state index in [0.717, 1.165) is 18.4 Å². The molecule has 0 bridgehead atoms. The Balaban J connectivity index is 0.00000729. The molecule has 1 aromatic carbocycles. The Morgan fingerprint density at radius 2 is 1.25 bits per heavy atom. The maximum absolute atomic E-state index is 11.6. The summed E-state index contributed by atoms with van der Waals surface area (Å²) in [7, 11) is 0. The van der Waals surface area contributed by atoms with E-state index in [1.807, 2.05) is 18.2 Å². The Morgan fingerprint density at radius 1 is 0.821 bits per heavy atom. The van der Waals surface area contributed by atoms with Crippen molar-refractivity contribution < 1.29 is 9.90 Å². The molecule has 1 atom stereocenters. The molecule has 1 unspecified atom stereocenters. The van der Waals surface area contributed by atoms with Gasteiger partial charge in [-0.1, -0.05) is 127 Å². The molecule has 4 heteroatoms. The van der Waals surface area contributed by atoms with E-state index < -0.39 is 11.9 Å². The number of halogens is 1. The van der Waals surface area contributed by atoms with Crippen LogP contribution in [0.25, 0.3) is 0 Å². The van der Waals surface area contributed by atoms with Gasteiger partial charge in [-0.3, -0.25) is 4.79 Å². The molecular weight excluding hydrogens is 396 g/mol. The van der Waals surface area contributed by atoms with Crippen LogP contribution in [0.5, 0.6) is 0 Å². The van der Waals surface area contributed by atoms with Gasteiger partial charge in [-0.15, -0.1) is 0 Å². The second-order valence-corrected chi connectivity index (χ2v) is 8.20. The van der Waals surface area contributed by atoms with Gasteiger partial charge >= 0.3 is 43.7 Å². The fraction of sp³-hybridized carbons (Fsp3) is 0.708. The first-order valence-corrected chi connectivity index (χ1v) is 11.5. The van der Waals surface area contributed by atoms with Crippen molar-refractivity contribution in [2.24, 2.45) is 0 Å². The first kappa shape index (κ1) is 28.2. The molecule has 28 heavy (non-hydrogen) atoms. The quantitative estimate of drug-likeness (QED) is 0.203. The van der Waals surface area contributed by atoms with Gasteiger partial charge in [0.2, 0.25) is 0 Å². The van der Waals surface area contributed by atoms with Gasteiger partial charge < -0.3 is 5.11 Å². The van der Waals surface area contributed by atoms with Crippen molar-refractivity contribution in [1.29, 1.82) is 0 Å². The Bertz CT molecular complexity index is 507. The van der Waals surface area contributed by atoms with Gasteiger partial charge in [0.1, 0.15) is 0 Å². The summed E-state index contributed by atoms with van der Waals surface area (Å²) < 4.78 is 0. The first-order valence-electron chi connectivity index (χ1n) is 11.1. The predicted molar refractivity (Wildman–Crippen MR) is 125 cm³/mol. The summed E-state index contributed by atoms with van der Waals surface area (Å²) in [6.07, 6.45) is 19.1. The van der Waals surface area contributed by atoms with Crippen molar-refractivity contribution in [2.75, 3.05) is 0 Å². The van der Waals surface area contributed by atoms with Crippen molar-refractivity contribution >= 4 is 55.3 Å². The van der Waals surface area contributed by atoms with Crippen LogP contribution in [-0.2, 0) is 4.79 Å². The molecule has 0 saturated carbocycles. The van der Waals surface area contributed by atoms with Crippen LogP contribution in [0.2, 0.25) is 5.02 Å².